The number of carbonyl (C=O) groups excluding carboxylic acids is 1. The highest BCUT2D eigenvalue weighted by molar-refractivity contribution is 5.61. The molecule has 2 aliphatic rings. The number of carbonyl (C=O) groups is 1. The van der Waals surface area contributed by atoms with Gasteiger partial charge in [0.05, 0.1) is 0 Å². The lowest BCUT2D eigenvalue weighted by molar-refractivity contribution is 0.00804. The van der Waals surface area contributed by atoms with Gasteiger partial charge in [-0.1, -0.05) is 0 Å². The van der Waals surface area contributed by atoms with Gasteiger partial charge in [-0.25, -0.2) is 4.79 Å². The second-order valence-corrected chi connectivity index (χ2v) is 4.65. The van der Waals surface area contributed by atoms with E-state index in [1.807, 2.05) is 0 Å². The van der Waals surface area contributed by atoms with Crippen molar-refractivity contribution in [2.75, 3.05) is 0 Å². The first-order chi connectivity index (χ1) is 8.13. The van der Waals surface area contributed by atoms with Crippen LogP contribution in [-0.4, -0.2) is 27.2 Å². The average Bonchev–Trinajstić information content (AvgIpc) is 2.78. The summed E-state index contributed by atoms with van der Waals surface area (Å²) in [6.45, 7) is 0. The Hall–Kier alpha value is -1.85. The smallest absolute Gasteiger partial charge is 0.492 e. The molecule has 1 heterocycles. The maximum Gasteiger partial charge on any atom is 0.534 e. The summed E-state index contributed by atoms with van der Waals surface area (Å²) >= 11 is 0. The van der Waals surface area contributed by atoms with Gasteiger partial charge in [-0.2, -0.15) is 0 Å². The highest BCUT2D eigenvalue weighted by atomic mass is 16.8. The van der Waals surface area contributed by atoms with Crippen molar-refractivity contribution in [3.8, 4) is 11.8 Å². The van der Waals surface area contributed by atoms with Crippen LogP contribution >= 0.6 is 0 Å². The number of ether oxygens (including phenoxy) is 1. The van der Waals surface area contributed by atoms with Gasteiger partial charge < -0.3 is 14.9 Å². The Kier molecular flexibility index (Phi) is 2.17. The second kappa shape index (κ2) is 3.58. The molecule has 2 saturated carbocycles. The fourth-order valence-corrected chi connectivity index (χ4v) is 2.48. The van der Waals surface area contributed by atoms with E-state index in [0.29, 0.717) is 16.6 Å². The number of aromatic hydroxyl groups is 2. The van der Waals surface area contributed by atoms with E-state index in [9.17, 15) is 15.0 Å². The van der Waals surface area contributed by atoms with Crippen LogP contribution in [0.3, 0.4) is 0 Å². The van der Waals surface area contributed by atoms with E-state index in [0.717, 1.165) is 12.8 Å². The zero-order valence-corrected chi connectivity index (χ0v) is 9.07. The van der Waals surface area contributed by atoms with Gasteiger partial charge in [-0.05, 0) is 31.1 Å². The molecule has 6 heteroatoms. The standard InChI is InChI=1S/C11H13NO5/c13-9-1-2-10(14)12(9)17-11(15)16-8-4-6-3-7(6)5-8/h1-2,6-8,13-14H,3-5H2/t6-,7?,8?/m0/s1. The molecule has 2 N–H and O–H groups in total. The van der Waals surface area contributed by atoms with Crippen molar-refractivity contribution in [2.45, 2.75) is 25.4 Å². The van der Waals surface area contributed by atoms with Crippen molar-refractivity contribution in [3.63, 3.8) is 0 Å². The summed E-state index contributed by atoms with van der Waals surface area (Å²) < 4.78 is 5.71. The molecule has 0 radical (unpaired) electrons. The Morgan fingerprint density at radius 1 is 1.18 bits per heavy atom. The molecular formula is C11H13NO5. The van der Waals surface area contributed by atoms with Gasteiger partial charge in [0.2, 0.25) is 11.8 Å². The fraction of sp³-hybridized carbons (Fsp3) is 0.545. The highest BCUT2D eigenvalue weighted by Gasteiger charge is 2.47. The Balaban J connectivity index is 1.56. The molecule has 92 valence electrons. The second-order valence-electron chi connectivity index (χ2n) is 4.65. The first-order valence-electron chi connectivity index (χ1n) is 5.62. The lowest BCUT2D eigenvalue weighted by Crippen LogP contribution is -2.25. The van der Waals surface area contributed by atoms with Crippen molar-refractivity contribution in [1.29, 1.82) is 0 Å². The summed E-state index contributed by atoms with van der Waals surface area (Å²) in [7, 11) is 0. The van der Waals surface area contributed by atoms with E-state index in [2.05, 4.69) is 4.84 Å². The van der Waals surface area contributed by atoms with Crippen LogP contribution in [0.5, 0.6) is 11.8 Å². The monoisotopic (exact) mass is 239 g/mol. The first kappa shape index (κ1) is 10.3. The molecule has 2 aliphatic carbocycles. The SMILES string of the molecule is O=C(OC1CC2C[C@H]2C1)On1c(O)ccc1O. The van der Waals surface area contributed by atoms with Gasteiger partial charge in [-0.15, -0.1) is 4.73 Å². The van der Waals surface area contributed by atoms with Crippen LogP contribution < -0.4 is 4.84 Å². The number of hydrogen-bond donors (Lipinski definition) is 2. The molecule has 2 unspecified atom stereocenters. The largest absolute Gasteiger partial charge is 0.534 e. The predicted octanol–water partition coefficient (Wildman–Crippen LogP) is 1.26. The van der Waals surface area contributed by atoms with E-state index >= 15 is 0 Å². The molecule has 0 bridgehead atoms. The molecule has 2 fully saturated rings. The zero-order chi connectivity index (χ0) is 12.0. The maximum atomic E-state index is 11.4. The van der Waals surface area contributed by atoms with Crippen LogP contribution in [0.25, 0.3) is 0 Å². The van der Waals surface area contributed by atoms with Crippen molar-refractivity contribution in [1.82, 2.24) is 4.73 Å². The Morgan fingerprint density at radius 3 is 2.35 bits per heavy atom. The Labute approximate surface area is 97.3 Å². The van der Waals surface area contributed by atoms with Crippen molar-refractivity contribution in [3.05, 3.63) is 12.1 Å². The number of nitrogens with zero attached hydrogens (tertiary/aromatic N) is 1. The third-order valence-electron chi connectivity index (χ3n) is 3.43. The van der Waals surface area contributed by atoms with Crippen LogP contribution in [0.2, 0.25) is 0 Å². The maximum absolute atomic E-state index is 11.4. The van der Waals surface area contributed by atoms with E-state index in [-0.39, 0.29) is 17.9 Å². The van der Waals surface area contributed by atoms with Crippen LogP contribution in [0.4, 0.5) is 4.79 Å². The third kappa shape index (κ3) is 1.90. The van der Waals surface area contributed by atoms with E-state index in [1.165, 1.54) is 18.6 Å². The third-order valence-corrected chi connectivity index (χ3v) is 3.43. The summed E-state index contributed by atoms with van der Waals surface area (Å²) in [5.41, 5.74) is 0. The van der Waals surface area contributed by atoms with Gasteiger partial charge in [0.15, 0.2) is 0 Å². The van der Waals surface area contributed by atoms with Crippen LogP contribution in [0.1, 0.15) is 19.3 Å². The molecule has 0 spiro atoms. The number of rotatable bonds is 2. The average molecular weight is 239 g/mol. The van der Waals surface area contributed by atoms with Gasteiger partial charge in [0.1, 0.15) is 6.10 Å². The molecule has 0 saturated heterocycles. The number of aromatic nitrogens is 1. The van der Waals surface area contributed by atoms with Gasteiger partial charge in [0.25, 0.3) is 0 Å². The minimum absolute atomic E-state index is 0.0916. The molecular weight excluding hydrogens is 226 g/mol. The fourth-order valence-electron chi connectivity index (χ4n) is 2.48. The molecule has 3 rings (SSSR count). The lowest BCUT2D eigenvalue weighted by Gasteiger charge is -2.13. The zero-order valence-electron chi connectivity index (χ0n) is 9.07. The van der Waals surface area contributed by atoms with E-state index < -0.39 is 6.16 Å². The normalized spacial score (nSPS) is 29.8. The molecule has 0 aliphatic heterocycles. The van der Waals surface area contributed by atoms with E-state index in [4.69, 9.17) is 4.74 Å². The van der Waals surface area contributed by atoms with Gasteiger partial charge >= 0.3 is 6.16 Å². The molecule has 17 heavy (non-hydrogen) atoms. The summed E-state index contributed by atoms with van der Waals surface area (Å²) in [6.07, 6.45) is 2.03. The summed E-state index contributed by atoms with van der Waals surface area (Å²) in [5.74, 6) is 0.713. The summed E-state index contributed by atoms with van der Waals surface area (Å²) in [5, 5.41) is 18.5. The van der Waals surface area contributed by atoms with Crippen molar-refractivity contribution >= 4 is 6.16 Å². The van der Waals surface area contributed by atoms with Crippen LogP contribution in [-0.2, 0) is 4.74 Å². The molecule has 1 aromatic heterocycles. The summed E-state index contributed by atoms with van der Waals surface area (Å²) in [4.78, 5) is 16.1. The van der Waals surface area contributed by atoms with Crippen LogP contribution in [0.15, 0.2) is 12.1 Å². The highest BCUT2D eigenvalue weighted by Crippen LogP contribution is 2.52. The topological polar surface area (TPSA) is 80.9 Å². The van der Waals surface area contributed by atoms with Gasteiger partial charge in [-0.3, -0.25) is 4.84 Å². The Bertz CT molecular complexity index is 425. The Morgan fingerprint density at radius 2 is 1.76 bits per heavy atom. The van der Waals surface area contributed by atoms with E-state index in [1.54, 1.807) is 0 Å². The van der Waals surface area contributed by atoms with Gasteiger partial charge in [0, 0.05) is 12.1 Å². The minimum Gasteiger partial charge on any atom is -0.492 e. The first-order valence-corrected chi connectivity index (χ1v) is 5.62. The summed E-state index contributed by atoms with van der Waals surface area (Å²) in [6, 6.07) is 2.43. The number of fused-ring (bicyclic) bond motifs is 1. The molecule has 3 atom stereocenters. The minimum atomic E-state index is -0.905. The van der Waals surface area contributed by atoms with Crippen molar-refractivity contribution < 1.29 is 24.6 Å². The molecule has 0 aromatic carbocycles. The quantitative estimate of drug-likeness (QED) is 0.759. The van der Waals surface area contributed by atoms with Crippen LogP contribution in [0, 0.1) is 11.8 Å². The lowest BCUT2D eigenvalue weighted by atomic mass is 10.2. The van der Waals surface area contributed by atoms with Crippen molar-refractivity contribution in [2.24, 2.45) is 11.8 Å². The molecule has 0 amide bonds. The number of hydrogen-bond acceptors (Lipinski definition) is 5. The predicted molar refractivity (Wildman–Crippen MR) is 55.4 cm³/mol. The molecule has 6 nitrogen and oxygen atoms in total. The molecule has 1 aromatic rings.